The zero-order chi connectivity index (χ0) is 26.2. The van der Waals surface area contributed by atoms with Crippen LogP contribution in [0.5, 0.6) is 0 Å². The molecule has 0 saturated carbocycles. The first kappa shape index (κ1) is 24.5. The molecule has 0 spiro atoms. The van der Waals surface area contributed by atoms with E-state index in [1.54, 1.807) is 12.1 Å². The second-order valence-electron chi connectivity index (χ2n) is 8.48. The SMILES string of the molecule is Cc1cc2ccccc2n1Cc1ccc(-c2nccnc2NS(=O)(=O)c2ccccc2C(F)(F)F)cc1. The van der Waals surface area contributed by atoms with Crippen molar-refractivity contribution in [2.24, 2.45) is 0 Å². The third kappa shape index (κ3) is 4.92. The quantitative estimate of drug-likeness (QED) is 0.285. The van der Waals surface area contributed by atoms with E-state index >= 15 is 0 Å². The third-order valence-electron chi connectivity index (χ3n) is 6.00. The zero-order valence-electron chi connectivity index (χ0n) is 19.6. The van der Waals surface area contributed by atoms with Crippen LogP contribution in [-0.2, 0) is 22.7 Å². The third-order valence-corrected chi connectivity index (χ3v) is 7.39. The lowest BCUT2D eigenvalue weighted by atomic mass is 10.1. The molecule has 37 heavy (non-hydrogen) atoms. The van der Waals surface area contributed by atoms with Crippen LogP contribution in [0.4, 0.5) is 19.0 Å². The maximum Gasteiger partial charge on any atom is 0.417 e. The maximum absolute atomic E-state index is 13.4. The van der Waals surface area contributed by atoms with Crippen molar-refractivity contribution in [2.45, 2.75) is 24.5 Å². The number of hydrogen-bond donors (Lipinski definition) is 1. The number of fused-ring (bicyclic) bond motifs is 1. The highest BCUT2D eigenvalue weighted by Crippen LogP contribution is 2.35. The average molecular weight is 523 g/mol. The molecule has 5 aromatic rings. The first-order valence-electron chi connectivity index (χ1n) is 11.3. The highest BCUT2D eigenvalue weighted by atomic mass is 32.2. The zero-order valence-corrected chi connectivity index (χ0v) is 20.4. The van der Waals surface area contributed by atoms with Gasteiger partial charge in [0.05, 0.1) is 10.5 Å². The molecule has 5 rings (SSSR count). The second-order valence-corrected chi connectivity index (χ2v) is 10.1. The van der Waals surface area contributed by atoms with Crippen LogP contribution in [0.25, 0.3) is 22.2 Å². The van der Waals surface area contributed by atoms with Crippen LogP contribution in [0, 0.1) is 6.92 Å². The summed E-state index contributed by atoms with van der Waals surface area (Å²) in [5.74, 6) is -0.167. The molecule has 2 heterocycles. The van der Waals surface area contributed by atoms with Gasteiger partial charge >= 0.3 is 6.18 Å². The Morgan fingerprint density at radius 2 is 1.57 bits per heavy atom. The van der Waals surface area contributed by atoms with Gasteiger partial charge in [-0.05, 0) is 42.1 Å². The molecule has 1 N–H and O–H groups in total. The van der Waals surface area contributed by atoms with Crippen molar-refractivity contribution >= 4 is 26.7 Å². The highest BCUT2D eigenvalue weighted by Gasteiger charge is 2.37. The van der Waals surface area contributed by atoms with Gasteiger partial charge < -0.3 is 4.57 Å². The van der Waals surface area contributed by atoms with E-state index in [1.165, 1.54) is 18.5 Å². The van der Waals surface area contributed by atoms with E-state index in [-0.39, 0.29) is 11.5 Å². The maximum atomic E-state index is 13.4. The molecule has 188 valence electrons. The molecule has 0 saturated heterocycles. The van der Waals surface area contributed by atoms with Crippen LogP contribution in [0.1, 0.15) is 16.8 Å². The number of aromatic nitrogens is 3. The number of halogens is 3. The van der Waals surface area contributed by atoms with E-state index in [9.17, 15) is 21.6 Å². The van der Waals surface area contributed by atoms with Crippen LogP contribution in [0.3, 0.4) is 0 Å². The van der Waals surface area contributed by atoms with Gasteiger partial charge in [-0.3, -0.25) is 9.71 Å². The van der Waals surface area contributed by atoms with Crippen molar-refractivity contribution in [1.82, 2.24) is 14.5 Å². The Morgan fingerprint density at radius 3 is 2.32 bits per heavy atom. The van der Waals surface area contributed by atoms with E-state index in [4.69, 9.17) is 0 Å². The lowest BCUT2D eigenvalue weighted by Crippen LogP contribution is -2.20. The van der Waals surface area contributed by atoms with E-state index < -0.39 is 26.7 Å². The van der Waals surface area contributed by atoms with Gasteiger partial charge in [0.25, 0.3) is 10.0 Å². The minimum Gasteiger partial charge on any atom is -0.340 e. The number of alkyl halides is 3. The summed E-state index contributed by atoms with van der Waals surface area (Å²) in [7, 11) is -4.60. The van der Waals surface area contributed by atoms with Gasteiger partial charge in [0.2, 0.25) is 0 Å². The summed E-state index contributed by atoms with van der Waals surface area (Å²) in [4.78, 5) is 7.40. The van der Waals surface area contributed by atoms with Crippen molar-refractivity contribution in [3.63, 3.8) is 0 Å². The van der Waals surface area contributed by atoms with E-state index in [2.05, 4.69) is 37.5 Å². The lowest BCUT2D eigenvalue weighted by Gasteiger charge is -2.15. The van der Waals surface area contributed by atoms with Gasteiger partial charge in [-0.15, -0.1) is 0 Å². The number of anilines is 1. The summed E-state index contributed by atoms with van der Waals surface area (Å²) < 4.78 is 70.5. The Labute approximate surface area is 211 Å². The molecule has 0 aliphatic heterocycles. The molecule has 0 bridgehead atoms. The standard InChI is InChI=1S/C27H21F3N4O2S/c1-18-16-21-6-2-4-8-23(21)34(18)17-19-10-12-20(13-11-19)25-26(32-15-14-31-25)33-37(35,36)24-9-5-3-7-22(24)27(28,29)30/h2-16H,17H2,1H3,(H,32,33). The van der Waals surface area contributed by atoms with E-state index in [0.717, 1.165) is 40.4 Å². The van der Waals surface area contributed by atoms with Crippen molar-refractivity contribution in [1.29, 1.82) is 0 Å². The van der Waals surface area contributed by atoms with Crippen LogP contribution in [-0.4, -0.2) is 23.0 Å². The Kier molecular flexibility index (Phi) is 6.20. The van der Waals surface area contributed by atoms with Crippen molar-refractivity contribution in [3.05, 3.63) is 108 Å². The summed E-state index contributed by atoms with van der Waals surface area (Å²) in [5.41, 5.74) is 2.75. The fourth-order valence-electron chi connectivity index (χ4n) is 4.25. The number of hydrogen-bond acceptors (Lipinski definition) is 4. The van der Waals surface area contributed by atoms with Crippen molar-refractivity contribution in [2.75, 3.05) is 4.72 Å². The monoisotopic (exact) mass is 522 g/mol. The highest BCUT2D eigenvalue weighted by molar-refractivity contribution is 7.92. The molecule has 2 aromatic heterocycles. The molecule has 3 aromatic carbocycles. The van der Waals surface area contributed by atoms with Gasteiger partial charge in [0, 0.05) is 35.7 Å². The Morgan fingerprint density at radius 1 is 0.892 bits per heavy atom. The number of sulfonamides is 1. The van der Waals surface area contributed by atoms with Gasteiger partial charge in [0.1, 0.15) is 5.69 Å². The summed E-state index contributed by atoms with van der Waals surface area (Å²) in [6.45, 7) is 2.68. The predicted molar refractivity (Wildman–Crippen MR) is 135 cm³/mol. The number of para-hydroxylation sites is 1. The normalized spacial score (nSPS) is 12.1. The Balaban J connectivity index is 1.44. The van der Waals surface area contributed by atoms with Crippen LogP contribution in [0.2, 0.25) is 0 Å². The van der Waals surface area contributed by atoms with Crippen molar-refractivity contribution in [3.8, 4) is 11.3 Å². The Hall–Kier alpha value is -4.18. The molecular weight excluding hydrogens is 501 g/mol. The van der Waals surface area contributed by atoms with E-state index in [1.807, 2.05) is 31.2 Å². The van der Waals surface area contributed by atoms with Gasteiger partial charge in [-0.25, -0.2) is 13.4 Å². The van der Waals surface area contributed by atoms with Crippen LogP contribution < -0.4 is 4.72 Å². The molecule has 0 amide bonds. The first-order chi connectivity index (χ1) is 17.6. The summed E-state index contributed by atoms with van der Waals surface area (Å²) in [6, 6.07) is 21.6. The topological polar surface area (TPSA) is 76.9 Å². The number of nitrogens with one attached hydrogen (secondary N) is 1. The van der Waals surface area contributed by atoms with E-state index in [0.29, 0.717) is 12.1 Å². The number of aryl methyl sites for hydroxylation is 1. The molecule has 10 heteroatoms. The number of nitrogens with zero attached hydrogens (tertiary/aromatic N) is 3. The minimum absolute atomic E-state index is 0.167. The number of benzene rings is 3. The molecule has 0 radical (unpaired) electrons. The van der Waals surface area contributed by atoms with Crippen LogP contribution >= 0.6 is 0 Å². The summed E-state index contributed by atoms with van der Waals surface area (Å²) in [6.07, 6.45) is -2.18. The second kappa shape index (κ2) is 9.36. The van der Waals surface area contributed by atoms with Gasteiger partial charge in [-0.1, -0.05) is 54.6 Å². The van der Waals surface area contributed by atoms with Gasteiger partial charge in [0.15, 0.2) is 5.82 Å². The fourth-order valence-corrected chi connectivity index (χ4v) is 5.50. The fraction of sp³-hybridized carbons (Fsp3) is 0.111. The predicted octanol–water partition coefficient (Wildman–Crippen LogP) is 6.27. The van der Waals surface area contributed by atoms with Crippen molar-refractivity contribution < 1.29 is 21.6 Å². The minimum atomic E-state index is -4.84. The first-order valence-corrected chi connectivity index (χ1v) is 12.8. The molecule has 0 aliphatic rings. The van der Waals surface area contributed by atoms with Crippen LogP contribution in [0.15, 0.2) is 96.2 Å². The molecule has 0 unspecified atom stereocenters. The molecule has 0 fully saturated rings. The molecule has 6 nitrogen and oxygen atoms in total. The average Bonchev–Trinajstić information content (AvgIpc) is 3.19. The molecule has 0 atom stereocenters. The van der Waals surface area contributed by atoms with Gasteiger partial charge in [-0.2, -0.15) is 13.2 Å². The summed E-state index contributed by atoms with van der Waals surface area (Å²) >= 11 is 0. The molecule has 0 aliphatic carbocycles. The smallest absolute Gasteiger partial charge is 0.340 e. The number of rotatable bonds is 6. The summed E-state index contributed by atoms with van der Waals surface area (Å²) in [5, 5.41) is 1.15. The Bertz CT molecular complexity index is 1700. The largest absolute Gasteiger partial charge is 0.417 e. The lowest BCUT2D eigenvalue weighted by molar-refractivity contribution is -0.139. The molecular formula is C27H21F3N4O2S.